The van der Waals surface area contributed by atoms with E-state index < -0.39 is 10.0 Å². The molecule has 2 heterocycles. The third-order valence-corrected chi connectivity index (χ3v) is 6.33. The molecule has 0 N–H and O–H groups in total. The summed E-state index contributed by atoms with van der Waals surface area (Å²) < 4.78 is 29.7. The molecule has 0 saturated carbocycles. The maximum absolute atomic E-state index is 13.2. The van der Waals surface area contributed by atoms with Crippen LogP contribution in [0.3, 0.4) is 0 Å². The van der Waals surface area contributed by atoms with Crippen LogP contribution in [-0.2, 0) is 16.4 Å². The van der Waals surface area contributed by atoms with Crippen molar-refractivity contribution in [1.29, 1.82) is 0 Å². The Bertz CT molecular complexity index is 1220. The second-order valence-electron chi connectivity index (χ2n) is 6.04. The van der Waals surface area contributed by atoms with Crippen molar-refractivity contribution in [3.05, 3.63) is 60.4 Å². The van der Waals surface area contributed by atoms with Gasteiger partial charge in [-0.25, -0.2) is 17.7 Å². The van der Waals surface area contributed by atoms with E-state index >= 15 is 0 Å². The highest BCUT2D eigenvalue weighted by molar-refractivity contribution is 7.92. The third-order valence-electron chi connectivity index (χ3n) is 4.45. The predicted molar refractivity (Wildman–Crippen MR) is 104 cm³/mol. The number of anilines is 1. The van der Waals surface area contributed by atoms with Crippen LogP contribution in [-0.4, -0.2) is 34.5 Å². The number of sulfonamides is 1. The zero-order chi connectivity index (χ0) is 19.0. The van der Waals surface area contributed by atoms with Crippen LogP contribution >= 0.6 is 0 Å². The number of fused-ring (bicyclic) bond motifs is 3. The summed E-state index contributed by atoms with van der Waals surface area (Å²) in [6.45, 7) is 4.00. The summed E-state index contributed by atoms with van der Waals surface area (Å²) in [5.74, 6) is 1.05. The highest BCUT2D eigenvalue weighted by Gasteiger charge is 2.28. The fourth-order valence-corrected chi connectivity index (χ4v) is 4.62. The lowest BCUT2D eigenvalue weighted by atomic mass is 10.3. The Morgan fingerprint density at radius 2 is 1.67 bits per heavy atom. The maximum Gasteiger partial charge on any atom is 0.265 e. The Morgan fingerprint density at radius 1 is 0.963 bits per heavy atom. The fraction of sp³-hybridized carbons (Fsp3) is 0.211. The van der Waals surface area contributed by atoms with Crippen LogP contribution in [0.1, 0.15) is 19.7 Å². The molecule has 0 amide bonds. The largest absolute Gasteiger partial charge is 0.274 e. The molecule has 0 spiro atoms. The lowest BCUT2D eigenvalue weighted by Crippen LogP contribution is -2.32. The first-order valence-corrected chi connectivity index (χ1v) is 10.2. The number of nitrogens with zero attached hydrogens (tertiary/aromatic N) is 5. The van der Waals surface area contributed by atoms with Gasteiger partial charge in [0.25, 0.3) is 10.0 Å². The summed E-state index contributed by atoms with van der Waals surface area (Å²) in [6, 6.07) is 15.9. The number of aromatic nitrogens is 4. The summed E-state index contributed by atoms with van der Waals surface area (Å²) >= 11 is 0. The zero-order valence-corrected chi connectivity index (χ0v) is 15.9. The molecule has 4 aromatic rings. The quantitative estimate of drug-likeness (QED) is 0.531. The van der Waals surface area contributed by atoms with E-state index in [1.165, 1.54) is 4.31 Å². The number of hydrogen-bond acceptors (Lipinski definition) is 5. The fourth-order valence-electron chi connectivity index (χ4n) is 3.18. The smallest absolute Gasteiger partial charge is 0.265 e. The molecule has 0 radical (unpaired) electrons. The van der Waals surface area contributed by atoms with Gasteiger partial charge in [-0.3, -0.25) is 4.40 Å². The molecule has 0 unspecified atom stereocenters. The van der Waals surface area contributed by atoms with E-state index in [1.54, 1.807) is 37.3 Å². The van der Waals surface area contributed by atoms with E-state index in [9.17, 15) is 8.42 Å². The Kier molecular flexibility index (Phi) is 4.27. The molecule has 8 heteroatoms. The van der Waals surface area contributed by atoms with E-state index in [-0.39, 0.29) is 17.3 Å². The standard InChI is InChI=1S/C19H19N5O2S/c1-3-17-21-22-19-18(20-15-12-8-9-13-16(15)24(17)19)23(4-2)27(25,26)14-10-6-5-7-11-14/h5-13H,3-4H2,1-2H3. The molecule has 0 bridgehead atoms. The highest BCUT2D eigenvalue weighted by Crippen LogP contribution is 2.28. The molecule has 2 aromatic heterocycles. The molecule has 27 heavy (non-hydrogen) atoms. The highest BCUT2D eigenvalue weighted by atomic mass is 32.2. The summed E-state index contributed by atoms with van der Waals surface area (Å²) in [7, 11) is -3.77. The van der Waals surface area contributed by atoms with Gasteiger partial charge in [0.05, 0.1) is 15.9 Å². The van der Waals surface area contributed by atoms with Crippen molar-refractivity contribution in [3.8, 4) is 0 Å². The lowest BCUT2D eigenvalue weighted by Gasteiger charge is -2.22. The van der Waals surface area contributed by atoms with Gasteiger partial charge >= 0.3 is 0 Å². The normalized spacial score (nSPS) is 11.9. The molecule has 7 nitrogen and oxygen atoms in total. The van der Waals surface area contributed by atoms with E-state index in [0.717, 1.165) is 11.3 Å². The van der Waals surface area contributed by atoms with Crippen LogP contribution in [0.2, 0.25) is 0 Å². The van der Waals surface area contributed by atoms with Crippen LogP contribution in [0.25, 0.3) is 16.7 Å². The van der Waals surface area contributed by atoms with Crippen molar-refractivity contribution in [2.24, 2.45) is 0 Å². The molecule has 0 aliphatic heterocycles. The summed E-state index contributed by atoms with van der Waals surface area (Å²) in [4.78, 5) is 4.86. The van der Waals surface area contributed by atoms with Gasteiger partial charge in [-0.1, -0.05) is 37.3 Å². The molecule has 4 rings (SSSR count). The lowest BCUT2D eigenvalue weighted by molar-refractivity contribution is 0.591. The molecule has 0 atom stereocenters. The monoisotopic (exact) mass is 381 g/mol. The van der Waals surface area contributed by atoms with Crippen molar-refractivity contribution in [1.82, 2.24) is 19.6 Å². The number of benzene rings is 2. The third kappa shape index (κ3) is 2.73. The van der Waals surface area contributed by atoms with Gasteiger partial charge in [0.2, 0.25) is 5.65 Å². The Hall–Kier alpha value is -3.00. The van der Waals surface area contributed by atoms with Gasteiger partial charge < -0.3 is 0 Å². The second kappa shape index (κ2) is 6.62. The molecule has 0 fully saturated rings. The van der Waals surface area contributed by atoms with Gasteiger partial charge in [-0.2, -0.15) is 0 Å². The van der Waals surface area contributed by atoms with Crippen molar-refractivity contribution in [2.75, 3.05) is 10.8 Å². The van der Waals surface area contributed by atoms with E-state index in [2.05, 4.69) is 15.2 Å². The summed E-state index contributed by atoms with van der Waals surface area (Å²) in [5, 5.41) is 8.51. The summed E-state index contributed by atoms with van der Waals surface area (Å²) in [5.41, 5.74) is 1.98. The van der Waals surface area contributed by atoms with Crippen LogP contribution in [0.4, 0.5) is 5.82 Å². The Morgan fingerprint density at radius 3 is 2.37 bits per heavy atom. The average Bonchev–Trinajstić information content (AvgIpc) is 3.14. The SMILES string of the molecule is CCc1nnc2c(N(CC)S(=O)(=O)c3ccccc3)nc3ccccc3n12. The van der Waals surface area contributed by atoms with E-state index in [1.807, 2.05) is 35.6 Å². The minimum atomic E-state index is -3.77. The minimum Gasteiger partial charge on any atom is -0.274 e. The maximum atomic E-state index is 13.2. The van der Waals surface area contributed by atoms with Gasteiger partial charge in [0, 0.05) is 13.0 Å². The number of para-hydroxylation sites is 2. The molecule has 0 aliphatic rings. The Labute approximate surface area is 157 Å². The number of aryl methyl sites for hydroxylation is 1. The van der Waals surface area contributed by atoms with Gasteiger partial charge in [-0.05, 0) is 31.2 Å². The van der Waals surface area contributed by atoms with Crippen molar-refractivity contribution >= 4 is 32.5 Å². The molecule has 138 valence electrons. The zero-order valence-electron chi connectivity index (χ0n) is 15.1. The van der Waals surface area contributed by atoms with Crippen LogP contribution in [0.5, 0.6) is 0 Å². The van der Waals surface area contributed by atoms with Crippen LogP contribution in [0.15, 0.2) is 59.5 Å². The molecule has 0 aliphatic carbocycles. The van der Waals surface area contributed by atoms with Gasteiger partial charge in [-0.15, -0.1) is 10.2 Å². The van der Waals surface area contributed by atoms with E-state index in [0.29, 0.717) is 17.6 Å². The second-order valence-corrected chi connectivity index (χ2v) is 7.90. The van der Waals surface area contributed by atoms with Gasteiger partial charge in [0.1, 0.15) is 5.82 Å². The first kappa shape index (κ1) is 17.4. The van der Waals surface area contributed by atoms with Crippen LogP contribution in [0, 0.1) is 0 Å². The Balaban J connectivity index is 2.03. The molecular formula is C19H19N5O2S. The number of hydrogen-bond donors (Lipinski definition) is 0. The first-order chi connectivity index (χ1) is 13.1. The van der Waals surface area contributed by atoms with Crippen molar-refractivity contribution < 1.29 is 8.42 Å². The molecular weight excluding hydrogens is 362 g/mol. The van der Waals surface area contributed by atoms with Crippen molar-refractivity contribution in [2.45, 2.75) is 25.2 Å². The number of rotatable bonds is 5. The van der Waals surface area contributed by atoms with Crippen LogP contribution < -0.4 is 4.31 Å². The van der Waals surface area contributed by atoms with Crippen molar-refractivity contribution in [3.63, 3.8) is 0 Å². The average molecular weight is 381 g/mol. The topological polar surface area (TPSA) is 80.5 Å². The molecule has 0 saturated heterocycles. The summed E-state index contributed by atoms with van der Waals surface area (Å²) in [6.07, 6.45) is 0.673. The first-order valence-electron chi connectivity index (χ1n) is 8.78. The molecule has 2 aromatic carbocycles. The van der Waals surface area contributed by atoms with Gasteiger partial charge in [0.15, 0.2) is 5.82 Å². The predicted octanol–water partition coefficient (Wildman–Crippen LogP) is 3.06. The van der Waals surface area contributed by atoms with E-state index in [4.69, 9.17) is 0 Å². The minimum absolute atomic E-state index is 0.218.